The van der Waals surface area contributed by atoms with Crippen molar-refractivity contribution in [3.05, 3.63) is 0 Å². The molecule has 1 aliphatic rings. The van der Waals surface area contributed by atoms with Crippen LogP contribution in [0.5, 0.6) is 0 Å². The minimum atomic E-state index is -0.438. The Balaban J connectivity index is 2.62. The summed E-state index contributed by atoms with van der Waals surface area (Å²) in [4.78, 5) is 40.7. The van der Waals surface area contributed by atoms with Crippen LogP contribution in [0.4, 0.5) is 0 Å². The van der Waals surface area contributed by atoms with Crippen molar-refractivity contribution < 1.29 is 28.6 Å². The molecule has 0 aliphatic carbocycles. The number of carbonyl (C=O) groups is 3. The van der Waals surface area contributed by atoms with E-state index in [9.17, 15) is 14.4 Å². The number of hydrogen-bond donors (Lipinski definition) is 0. The van der Waals surface area contributed by atoms with Crippen LogP contribution in [0.3, 0.4) is 0 Å². The van der Waals surface area contributed by atoms with E-state index < -0.39 is 17.9 Å². The van der Waals surface area contributed by atoms with Gasteiger partial charge in [0.15, 0.2) is 0 Å². The van der Waals surface area contributed by atoms with Gasteiger partial charge in [0.25, 0.3) is 0 Å². The van der Waals surface area contributed by atoms with Crippen LogP contribution in [0, 0.1) is 0 Å². The molecule has 0 aromatic heterocycles. The third-order valence-electron chi connectivity index (χ3n) is 3.28. The van der Waals surface area contributed by atoms with Gasteiger partial charge in [-0.05, 0) is 0 Å². The molecule has 1 heterocycles. The van der Waals surface area contributed by atoms with Gasteiger partial charge in [0.05, 0.1) is 57.3 Å². The zero-order valence-corrected chi connectivity index (χ0v) is 17.2. The second-order valence-corrected chi connectivity index (χ2v) is 6.77. The smallest absolute Gasteiger partial charge is 0.320 e. The van der Waals surface area contributed by atoms with Crippen LogP contribution in [0.15, 0.2) is 0 Å². The first-order valence-electron chi connectivity index (χ1n) is 8.30. The van der Waals surface area contributed by atoms with E-state index in [0.29, 0.717) is 20.0 Å². The predicted octanol–water partition coefficient (Wildman–Crippen LogP) is 0.125. The lowest BCUT2D eigenvalue weighted by molar-refractivity contribution is -0.153. The van der Waals surface area contributed by atoms with Crippen LogP contribution >= 0.6 is 34.8 Å². The molecule has 0 radical (unpaired) electrons. The van der Waals surface area contributed by atoms with E-state index in [0.717, 1.165) is 0 Å². The molecule has 0 saturated carbocycles. The molecule has 0 spiro atoms. The SMILES string of the molecule is O=C(CN1CN(CC(=O)OCCCl)CN(CC(=O)OCCCl)C1)OCCCl. The molecule has 1 saturated heterocycles. The van der Waals surface area contributed by atoms with Crippen LogP contribution < -0.4 is 0 Å². The Morgan fingerprint density at radius 2 is 0.852 bits per heavy atom. The summed E-state index contributed by atoms with van der Waals surface area (Å²) in [5, 5.41) is 0. The fraction of sp³-hybridized carbons (Fsp3) is 0.800. The van der Waals surface area contributed by atoms with Crippen LogP contribution in [0.25, 0.3) is 0 Å². The molecule has 12 heteroatoms. The summed E-state index contributed by atoms with van der Waals surface area (Å²) in [7, 11) is 0. The molecule has 0 aromatic rings. The van der Waals surface area contributed by atoms with Gasteiger partial charge < -0.3 is 14.2 Å². The number of alkyl halides is 3. The summed E-state index contributed by atoms with van der Waals surface area (Å²) in [6, 6.07) is 0. The van der Waals surface area contributed by atoms with Gasteiger partial charge in [-0.25, -0.2) is 0 Å². The first kappa shape index (κ1) is 24.2. The molecule has 0 amide bonds. The van der Waals surface area contributed by atoms with E-state index in [2.05, 4.69) is 0 Å². The number of carbonyl (C=O) groups excluding carboxylic acids is 3. The van der Waals surface area contributed by atoms with Crippen LogP contribution in [-0.4, -0.2) is 110 Å². The number of hydrogen-bond acceptors (Lipinski definition) is 9. The molecular weight excluding hydrogens is 425 g/mol. The molecule has 0 atom stereocenters. The Labute approximate surface area is 173 Å². The van der Waals surface area contributed by atoms with Crippen molar-refractivity contribution in [1.82, 2.24) is 14.7 Å². The quantitative estimate of drug-likeness (QED) is 0.235. The monoisotopic (exact) mass is 447 g/mol. The number of ether oxygens (including phenoxy) is 3. The fourth-order valence-electron chi connectivity index (χ4n) is 2.42. The highest BCUT2D eigenvalue weighted by molar-refractivity contribution is 6.18. The van der Waals surface area contributed by atoms with Crippen LogP contribution in [0.2, 0.25) is 0 Å². The van der Waals surface area contributed by atoms with Gasteiger partial charge in [-0.2, -0.15) is 0 Å². The highest BCUT2D eigenvalue weighted by Crippen LogP contribution is 2.08. The zero-order chi connectivity index (χ0) is 20.1. The molecule has 1 aliphatic heterocycles. The maximum absolute atomic E-state index is 11.8. The van der Waals surface area contributed by atoms with Gasteiger partial charge in [0.2, 0.25) is 0 Å². The van der Waals surface area contributed by atoms with E-state index >= 15 is 0 Å². The standard InChI is InChI=1S/C15H24Cl3N3O6/c16-1-4-25-13(22)7-19-10-20(8-14(23)26-5-2-17)12-21(11-19)9-15(24)27-6-3-18/h1-12H2. The molecule has 0 bridgehead atoms. The van der Waals surface area contributed by atoms with Gasteiger partial charge in [-0.1, -0.05) is 0 Å². The molecule has 1 fully saturated rings. The summed E-state index contributed by atoms with van der Waals surface area (Å²) in [6.45, 7) is 1.36. The largest absolute Gasteiger partial charge is 0.463 e. The van der Waals surface area contributed by atoms with Crippen molar-refractivity contribution in [2.75, 3.05) is 77.1 Å². The molecule has 156 valence electrons. The summed E-state index contributed by atoms with van der Waals surface area (Å²) in [6.07, 6.45) is 0. The van der Waals surface area contributed by atoms with Gasteiger partial charge in [-0.15, -0.1) is 34.8 Å². The number of halogens is 3. The van der Waals surface area contributed by atoms with E-state index in [-0.39, 0.29) is 57.1 Å². The Morgan fingerprint density at radius 1 is 0.593 bits per heavy atom. The summed E-state index contributed by atoms with van der Waals surface area (Å²) in [5.74, 6) is -0.681. The van der Waals surface area contributed by atoms with E-state index in [1.165, 1.54) is 0 Å². The van der Waals surface area contributed by atoms with Crippen molar-refractivity contribution in [2.24, 2.45) is 0 Å². The first-order chi connectivity index (χ1) is 13.0. The minimum absolute atomic E-state index is 0.00263. The fourth-order valence-corrected chi connectivity index (χ4v) is 2.66. The van der Waals surface area contributed by atoms with E-state index in [1.807, 2.05) is 0 Å². The molecule has 1 rings (SSSR count). The average molecular weight is 449 g/mol. The van der Waals surface area contributed by atoms with E-state index in [4.69, 9.17) is 49.0 Å². The zero-order valence-electron chi connectivity index (χ0n) is 14.9. The lowest BCUT2D eigenvalue weighted by Gasteiger charge is -2.40. The molecule has 0 unspecified atom stereocenters. The van der Waals surface area contributed by atoms with Crippen molar-refractivity contribution in [3.63, 3.8) is 0 Å². The highest BCUT2D eigenvalue weighted by Gasteiger charge is 2.28. The Bertz CT molecular complexity index is 413. The van der Waals surface area contributed by atoms with Gasteiger partial charge in [0.1, 0.15) is 19.8 Å². The van der Waals surface area contributed by atoms with E-state index in [1.54, 1.807) is 14.7 Å². The second-order valence-electron chi connectivity index (χ2n) is 5.64. The number of rotatable bonds is 12. The maximum atomic E-state index is 11.8. The van der Waals surface area contributed by atoms with Crippen molar-refractivity contribution in [1.29, 1.82) is 0 Å². The van der Waals surface area contributed by atoms with Gasteiger partial charge >= 0.3 is 17.9 Å². The first-order valence-corrected chi connectivity index (χ1v) is 9.90. The number of nitrogens with zero attached hydrogens (tertiary/aromatic N) is 3. The lowest BCUT2D eigenvalue weighted by atomic mass is 10.4. The highest BCUT2D eigenvalue weighted by atomic mass is 35.5. The molecule has 0 aromatic carbocycles. The average Bonchev–Trinajstić information content (AvgIpc) is 2.62. The number of esters is 3. The lowest BCUT2D eigenvalue weighted by Crippen LogP contribution is -2.58. The third kappa shape index (κ3) is 10.9. The third-order valence-corrected chi connectivity index (χ3v) is 3.74. The molecule has 9 nitrogen and oxygen atoms in total. The molecule has 0 N–H and O–H groups in total. The Morgan fingerprint density at radius 3 is 1.07 bits per heavy atom. The predicted molar refractivity (Wildman–Crippen MR) is 99.8 cm³/mol. The minimum Gasteiger partial charge on any atom is -0.463 e. The Hall–Kier alpha value is -0.840. The van der Waals surface area contributed by atoms with Gasteiger partial charge in [0, 0.05) is 0 Å². The van der Waals surface area contributed by atoms with Gasteiger partial charge in [-0.3, -0.25) is 29.1 Å². The summed E-state index contributed by atoms with van der Waals surface area (Å²) in [5.41, 5.74) is 0. The maximum Gasteiger partial charge on any atom is 0.320 e. The molecule has 27 heavy (non-hydrogen) atoms. The van der Waals surface area contributed by atoms with Crippen molar-refractivity contribution in [2.45, 2.75) is 0 Å². The summed E-state index contributed by atoms with van der Waals surface area (Å²) >= 11 is 16.5. The van der Waals surface area contributed by atoms with Crippen molar-refractivity contribution in [3.8, 4) is 0 Å². The topological polar surface area (TPSA) is 88.6 Å². The summed E-state index contributed by atoms with van der Waals surface area (Å²) < 4.78 is 14.9. The molecular formula is C15H24Cl3N3O6. The van der Waals surface area contributed by atoms with Crippen LogP contribution in [-0.2, 0) is 28.6 Å². The second kappa shape index (κ2) is 14.2. The van der Waals surface area contributed by atoms with Crippen LogP contribution in [0.1, 0.15) is 0 Å². The Kier molecular flexibility index (Phi) is 12.7. The van der Waals surface area contributed by atoms with Crippen molar-refractivity contribution >= 4 is 52.7 Å². The normalized spacial score (nSPS) is 16.1.